The Kier molecular flexibility index (Phi) is 6.48. The number of methoxy groups -OCH3 is 1. The lowest BCUT2D eigenvalue weighted by molar-refractivity contribution is -0.137. The molecule has 0 aliphatic rings. The summed E-state index contributed by atoms with van der Waals surface area (Å²) in [6.45, 7) is 0.940. The number of halogens is 4. The van der Waals surface area contributed by atoms with Gasteiger partial charge >= 0.3 is 6.18 Å². The summed E-state index contributed by atoms with van der Waals surface area (Å²) in [5, 5.41) is 2.64. The van der Waals surface area contributed by atoms with E-state index in [9.17, 15) is 18.0 Å². The summed E-state index contributed by atoms with van der Waals surface area (Å²) in [6, 6.07) is 4.12. The number of hydrogen-bond acceptors (Lipinski definition) is 2. The number of carbonyl (C=O) groups excluding carboxylic acids is 1. The van der Waals surface area contributed by atoms with Crippen LogP contribution in [0.3, 0.4) is 0 Å². The second-order valence-electron chi connectivity index (χ2n) is 4.17. The van der Waals surface area contributed by atoms with E-state index in [1.165, 1.54) is 12.1 Å². The molecule has 0 aliphatic carbocycles. The van der Waals surface area contributed by atoms with Gasteiger partial charge in [0.15, 0.2) is 0 Å². The Morgan fingerprint density at radius 2 is 1.95 bits per heavy atom. The molecule has 0 aromatic heterocycles. The molecular weight excluding hydrogens is 339 g/mol. The fourth-order valence-corrected chi connectivity index (χ4v) is 2.01. The van der Waals surface area contributed by atoms with E-state index in [2.05, 4.69) is 21.2 Å². The zero-order valence-electron chi connectivity index (χ0n) is 10.8. The van der Waals surface area contributed by atoms with Gasteiger partial charge in [-0.15, -0.1) is 0 Å². The molecule has 0 aliphatic heterocycles. The van der Waals surface area contributed by atoms with Gasteiger partial charge in [-0.3, -0.25) is 4.79 Å². The van der Waals surface area contributed by atoms with E-state index < -0.39 is 17.6 Å². The number of benzene rings is 1. The minimum Gasteiger partial charge on any atom is -0.384 e. The van der Waals surface area contributed by atoms with Crippen LogP contribution in [0.5, 0.6) is 0 Å². The molecule has 0 saturated carbocycles. The molecule has 0 spiro atoms. The first-order valence-corrected chi connectivity index (χ1v) is 6.84. The van der Waals surface area contributed by atoms with Crippen molar-refractivity contribution in [3.63, 3.8) is 0 Å². The van der Waals surface area contributed by atoms with Gasteiger partial charge in [-0.05, 0) is 30.7 Å². The smallest absolute Gasteiger partial charge is 0.384 e. The molecule has 0 radical (unpaired) electrons. The molecule has 0 heterocycles. The van der Waals surface area contributed by atoms with Crippen molar-refractivity contribution in [1.29, 1.82) is 0 Å². The van der Waals surface area contributed by atoms with Crippen LogP contribution in [0.15, 0.2) is 24.3 Å². The molecule has 0 saturated heterocycles. The molecule has 1 atom stereocenters. The van der Waals surface area contributed by atoms with Crippen LogP contribution in [0.1, 0.15) is 22.3 Å². The molecule has 1 N–H and O–H groups in total. The highest BCUT2D eigenvalue weighted by molar-refractivity contribution is 9.09. The van der Waals surface area contributed by atoms with Gasteiger partial charge in [0.1, 0.15) is 0 Å². The minimum absolute atomic E-state index is 0.125. The molecule has 112 valence electrons. The van der Waals surface area contributed by atoms with E-state index in [1.54, 1.807) is 7.11 Å². The highest BCUT2D eigenvalue weighted by atomic mass is 79.9. The third-order valence-corrected chi connectivity index (χ3v) is 3.29. The van der Waals surface area contributed by atoms with E-state index in [1.807, 2.05) is 0 Å². The zero-order valence-corrected chi connectivity index (χ0v) is 12.4. The largest absolute Gasteiger partial charge is 0.416 e. The first kappa shape index (κ1) is 17.0. The topological polar surface area (TPSA) is 38.3 Å². The summed E-state index contributed by atoms with van der Waals surface area (Å²) in [4.78, 5) is 11.8. The second kappa shape index (κ2) is 7.64. The fourth-order valence-electron chi connectivity index (χ4n) is 1.52. The van der Waals surface area contributed by atoms with Crippen LogP contribution in [-0.2, 0) is 10.9 Å². The van der Waals surface area contributed by atoms with Gasteiger partial charge in [-0.2, -0.15) is 13.2 Å². The van der Waals surface area contributed by atoms with Crippen molar-refractivity contribution in [3.8, 4) is 0 Å². The number of hydrogen-bond donors (Lipinski definition) is 1. The number of carbonyl (C=O) groups is 1. The summed E-state index contributed by atoms with van der Waals surface area (Å²) >= 11 is 3.37. The minimum atomic E-state index is -4.39. The number of amides is 1. The van der Waals surface area contributed by atoms with Crippen LogP contribution < -0.4 is 5.32 Å². The second-order valence-corrected chi connectivity index (χ2v) is 5.47. The molecule has 20 heavy (non-hydrogen) atoms. The summed E-state index contributed by atoms with van der Waals surface area (Å²) in [5.41, 5.74) is -0.564. The molecule has 3 nitrogen and oxygen atoms in total. The molecule has 7 heteroatoms. The van der Waals surface area contributed by atoms with E-state index in [0.717, 1.165) is 12.1 Å². The maximum absolute atomic E-state index is 12.4. The predicted octanol–water partition coefficient (Wildman–Crippen LogP) is 3.24. The van der Waals surface area contributed by atoms with E-state index in [-0.39, 0.29) is 10.4 Å². The van der Waals surface area contributed by atoms with Crippen LogP contribution in [0.25, 0.3) is 0 Å². The molecule has 1 rings (SSSR count). The Morgan fingerprint density at radius 1 is 1.35 bits per heavy atom. The lowest BCUT2D eigenvalue weighted by atomic mass is 10.1. The van der Waals surface area contributed by atoms with Crippen molar-refractivity contribution in [1.82, 2.24) is 5.32 Å². The first-order chi connectivity index (χ1) is 9.34. The maximum atomic E-state index is 12.4. The lowest BCUT2D eigenvalue weighted by Gasteiger charge is -2.10. The number of ether oxygens (including phenoxy) is 1. The van der Waals surface area contributed by atoms with Crippen molar-refractivity contribution >= 4 is 21.8 Å². The highest BCUT2D eigenvalue weighted by Gasteiger charge is 2.30. The molecule has 0 fully saturated rings. The van der Waals surface area contributed by atoms with Crippen molar-refractivity contribution < 1.29 is 22.7 Å². The molecule has 1 amide bonds. The highest BCUT2D eigenvalue weighted by Crippen LogP contribution is 2.29. The Labute approximate surface area is 123 Å². The van der Waals surface area contributed by atoms with Gasteiger partial charge < -0.3 is 10.1 Å². The Balaban J connectivity index is 2.48. The Morgan fingerprint density at radius 3 is 2.45 bits per heavy atom. The summed E-state index contributed by atoms with van der Waals surface area (Å²) in [7, 11) is 1.58. The maximum Gasteiger partial charge on any atom is 0.416 e. The molecule has 0 bridgehead atoms. The van der Waals surface area contributed by atoms with Crippen molar-refractivity contribution in [2.75, 3.05) is 20.3 Å². The summed E-state index contributed by atoms with van der Waals surface area (Å²) in [6.07, 6.45) is -3.72. The summed E-state index contributed by atoms with van der Waals surface area (Å²) in [5.74, 6) is -0.393. The van der Waals surface area contributed by atoms with Crippen molar-refractivity contribution in [2.45, 2.75) is 17.4 Å². The van der Waals surface area contributed by atoms with Gasteiger partial charge in [0.25, 0.3) is 5.91 Å². The first-order valence-electron chi connectivity index (χ1n) is 5.93. The number of rotatable bonds is 6. The molecule has 1 unspecified atom stereocenters. The number of alkyl halides is 4. The van der Waals surface area contributed by atoms with E-state index in [0.29, 0.717) is 19.6 Å². The molecular formula is C13H15BrF3NO2. The van der Waals surface area contributed by atoms with Crippen molar-refractivity contribution in [2.24, 2.45) is 0 Å². The standard InChI is InChI=1S/C13H15BrF3NO2/c1-20-8-11(14)6-7-18-12(19)9-2-4-10(5-3-9)13(15,16)17/h2-5,11H,6-8H2,1H3,(H,18,19). The Hall–Kier alpha value is -1.08. The van der Waals surface area contributed by atoms with Crippen LogP contribution in [-0.4, -0.2) is 31.0 Å². The lowest BCUT2D eigenvalue weighted by Crippen LogP contribution is -2.27. The van der Waals surface area contributed by atoms with E-state index >= 15 is 0 Å². The van der Waals surface area contributed by atoms with Crippen LogP contribution in [0.4, 0.5) is 13.2 Å². The van der Waals surface area contributed by atoms with Crippen LogP contribution >= 0.6 is 15.9 Å². The third kappa shape index (κ3) is 5.50. The average Bonchev–Trinajstić information content (AvgIpc) is 2.38. The van der Waals surface area contributed by atoms with Gasteiger partial charge in [0.2, 0.25) is 0 Å². The van der Waals surface area contributed by atoms with Gasteiger partial charge in [-0.25, -0.2) is 0 Å². The SMILES string of the molecule is COCC(Br)CCNC(=O)c1ccc(C(F)(F)F)cc1. The Bertz CT molecular complexity index is 434. The molecule has 1 aromatic carbocycles. The van der Waals surface area contributed by atoms with Gasteiger partial charge in [0.05, 0.1) is 12.2 Å². The molecule has 1 aromatic rings. The van der Waals surface area contributed by atoms with Crippen molar-refractivity contribution in [3.05, 3.63) is 35.4 Å². The van der Waals surface area contributed by atoms with Crippen LogP contribution in [0, 0.1) is 0 Å². The number of nitrogens with one attached hydrogen (secondary N) is 1. The fraction of sp³-hybridized carbons (Fsp3) is 0.462. The monoisotopic (exact) mass is 353 g/mol. The zero-order chi connectivity index (χ0) is 15.2. The predicted molar refractivity (Wildman–Crippen MR) is 73.0 cm³/mol. The van der Waals surface area contributed by atoms with Gasteiger partial charge in [0, 0.05) is 24.0 Å². The summed E-state index contributed by atoms with van der Waals surface area (Å²) < 4.78 is 42.0. The van der Waals surface area contributed by atoms with E-state index in [4.69, 9.17) is 4.74 Å². The quantitative estimate of drug-likeness (QED) is 0.797. The van der Waals surface area contributed by atoms with Gasteiger partial charge in [-0.1, -0.05) is 15.9 Å². The normalized spacial score (nSPS) is 13.1. The average molecular weight is 354 g/mol. The third-order valence-electron chi connectivity index (χ3n) is 2.57. The van der Waals surface area contributed by atoms with Crippen LogP contribution in [0.2, 0.25) is 0 Å².